The first-order valence-electron chi connectivity index (χ1n) is 10.1. The van der Waals surface area contributed by atoms with Crippen LogP contribution in [0, 0.1) is 0 Å². The molecule has 7 heteroatoms. The molecule has 3 aliphatic rings. The van der Waals surface area contributed by atoms with Gasteiger partial charge < -0.3 is 14.5 Å². The van der Waals surface area contributed by atoms with Crippen molar-refractivity contribution in [2.75, 3.05) is 25.4 Å². The molecule has 0 aromatic heterocycles. The molecule has 4 rings (SSSR count). The zero-order valence-electron chi connectivity index (χ0n) is 16.0. The number of nitrogens with zero attached hydrogens (tertiary/aromatic N) is 2. The largest absolute Gasteiger partial charge is 0.454 e. The fourth-order valence-corrected chi connectivity index (χ4v) is 6.09. The maximum atomic E-state index is 12.8. The summed E-state index contributed by atoms with van der Waals surface area (Å²) in [6.07, 6.45) is 5.40. The Labute approximate surface area is 169 Å². The number of benzene rings is 1. The molecule has 0 N–H and O–H groups in total. The van der Waals surface area contributed by atoms with Crippen LogP contribution >= 0.6 is 11.8 Å². The van der Waals surface area contributed by atoms with Crippen LogP contribution in [0.1, 0.15) is 44.1 Å². The van der Waals surface area contributed by atoms with Crippen LogP contribution in [-0.2, 0) is 24.0 Å². The molecule has 3 heterocycles. The fourth-order valence-electron chi connectivity index (χ4n) is 4.46. The molecule has 1 aromatic rings. The van der Waals surface area contributed by atoms with E-state index in [9.17, 15) is 14.4 Å². The molecule has 0 saturated carbocycles. The molecule has 0 aliphatic carbocycles. The second-order valence-corrected chi connectivity index (χ2v) is 8.94. The van der Waals surface area contributed by atoms with Gasteiger partial charge in [-0.2, -0.15) is 0 Å². The number of likely N-dealkylation sites (tertiary alicyclic amines) is 1. The molecule has 2 amide bonds. The predicted molar refractivity (Wildman–Crippen MR) is 106 cm³/mol. The minimum Gasteiger partial charge on any atom is -0.454 e. The fraction of sp³-hybridized carbons (Fsp3) is 0.571. The Bertz CT molecular complexity index is 748. The van der Waals surface area contributed by atoms with E-state index in [4.69, 9.17) is 4.74 Å². The van der Waals surface area contributed by atoms with E-state index in [0.29, 0.717) is 18.6 Å². The number of rotatable bonds is 4. The van der Waals surface area contributed by atoms with Gasteiger partial charge in [0, 0.05) is 25.3 Å². The topological polar surface area (TPSA) is 66.9 Å². The Morgan fingerprint density at radius 1 is 1.11 bits per heavy atom. The van der Waals surface area contributed by atoms with Gasteiger partial charge in [-0.05, 0) is 24.8 Å². The van der Waals surface area contributed by atoms with Crippen LogP contribution in [0.25, 0.3) is 0 Å². The lowest BCUT2D eigenvalue weighted by Crippen LogP contribution is -2.47. The van der Waals surface area contributed by atoms with Crippen molar-refractivity contribution in [2.45, 2.75) is 49.4 Å². The smallest absolute Gasteiger partial charge is 0.330 e. The number of hydrogen-bond donors (Lipinski definition) is 0. The number of amides is 2. The zero-order chi connectivity index (χ0) is 19.6. The number of thioether (sulfide) groups is 1. The maximum absolute atomic E-state index is 12.8. The lowest BCUT2D eigenvalue weighted by atomic mass is 10.0. The van der Waals surface area contributed by atoms with Crippen LogP contribution in [0.5, 0.6) is 0 Å². The molecule has 150 valence electrons. The lowest BCUT2D eigenvalue weighted by molar-refractivity contribution is -0.158. The van der Waals surface area contributed by atoms with Crippen molar-refractivity contribution in [1.82, 2.24) is 9.80 Å². The number of carbonyl (C=O) groups is 3. The van der Waals surface area contributed by atoms with Gasteiger partial charge in [-0.1, -0.05) is 43.2 Å². The highest BCUT2D eigenvalue weighted by atomic mass is 32.2. The molecular formula is C21H26N2O4S. The quantitative estimate of drug-likeness (QED) is 0.724. The molecule has 3 aliphatic heterocycles. The van der Waals surface area contributed by atoms with Gasteiger partial charge in [-0.3, -0.25) is 9.59 Å². The maximum Gasteiger partial charge on any atom is 0.330 e. The Morgan fingerprint density at radius 3 is 2.54 bits per heavy atom. The van der Waals surface area contributed by atoms with E-state index in [2.05, 4.69) is 0 Å². The van der Waals surface area contributed by atoms with Crippen LogP contribution in [0.4, 0.5) is 0 Å². The summed E-state index contributed by atoms with van der Waals surface area (Å²) in [5, 5.41) is 0. The molecule has 0 bridgehead atoms. The minimum atomic E-state index is -0.628. The first kappa shape index (κ1) is 19.3. The third-order valence-corrected chi connectivity index (χ3v) is 7.52. The third-order valence-electron chi connectivity index (χ3n) is 5.92. The highest BCUT2D eigenvalue weighted by Crippen LogP contribution is 2.54. The van der Waals surface area contributed by atoms with Gasteiger partial charge in [0.05, 0.1) is 0 Å². The first-order valence-corrected chi connectivity index (χ1v) is 11.1. The first-order chi connectivity index (χ1) is 13.6. The van der Waals surface area contributed by atoms with E-state index in [-0.39, 0.29) is 18.4 Å². The molecule has 0 unspecified atom stereocenters. The van der Waals surface area contributed by atoms with Gasteiger partial charge in [0.1, 0.15) is 10.9 Å². The molecule has 0 spiro atoms. The number of carbonyl (C=O) groups excluding carboxylic acids is 3. The molecule has 0 radical (unpaired) electrons. The van der Waals surface area contributed by atoms with Crippen molar-refractivity contribution in [3.05, 3.63) is 35.9 Å². The molecule has 6 nitrogen and oxygen atoms in total. The van der Waals surface area contributed by atoms with Crippen LogP contribution in [-0.4, -0.2) is 59.1 Å². The predicted octanol–water partition coefficient (Wildman–Crippen LogP) is 2.52. The zero-order valence-corrected chi connectivity index (χ0v) is 16.8. The van der Waals surface area contributed by atoms with Gasteiger partial charge in [-0.25, -0.2) is 4.79 Å². The number of ether oxygens (including phenoxy) is 1. The Balaban J connectivity index is 1.42. The van der Waals surface area contributed by atoms with Gasteiger partial charge in [0.15, 0.2) is 6.61 Å². The second kappa shape index (κ2) is 8.15. The molecular weight excluding hydrogens is 376 g/mol. The van der Waals surface area contributed by atoms with Crippen LogP contribution in [0.15, 0.2) is 30.3 Å². The standard InChI is InChI=1S/C21H26N2O4S/c24-18-10-11-21(16-8-4-3-5-9-16)23(18)17(15-28-21)20(26)27-14-19(25)22-12-6-1-2-7-13-22/h3-5,8-9,17H,1-2,6-7,10-15H2/t17-,21-/m1/s1. The van der Waals surface area contributed by atoms with E-state index in [1.54, 1.807) is 21.6 Å². The van der Waals surface area contributed by atoms with Gasteiger partial charge in [0.25, 0.3) is 5.91 Å². The molecule has 3 saturated heterocycles. The highest BCUT2D eigenvalue weighted by molar-refractivity contribution is 8.00. The van der Waals surface area contributed by atoms with Gasteiger partial charge in [0.2, 0.25) is 5.91 Å². The number of fused-ring (bicyclic) bond motifs is 1. The molecule has 2 atom stereocenters. The summed E-state index contributed by atoms with van der Waals surface area (Å²) in [6, 6.07) is 9.25. The van der Waals surface area contributed by atoms with Gasteiger partial charge in [-0.15, -0.1) is 11.8 Å². The highest BCUT2D eigenvalue weighted by Gasteiger charge is 2.57. The summed E-state index contributed by atoms with van der Waals surface area (Å²) in [4.78, 5) is 40.8. The van der Waals surface area contributed by atoms with E-state index < -0.39 is 16.9 Å². The van der Waals surface area contributed by atoms with E-state index in [0.717, 1.165) is 44.3 Å². The van der Waals surface area contributed by atoms with Crippen molar-refractivity contribution in [2.24, 2.45) is 0 Å². The number of hydrogen-bond acceptors (Lipinski definition) is 5. The van der Waals surface area contributed by atoms with Crippen molar-refractivity contribution < 1.29 is 19.1 Å². The van der Waals surface area contributed by atoms with Crippen LogP contribution in [0.2, 0.25) is 0 Å². The average Bonchev–Trinajstić information content (AvgIpc) is 3.13. The van der Waals surface area contributed by atoms with Crippen LogP contribution in [0.3, 0.4) is 0 Å². The Kier molecular flexibility index (Phi) is 5.62. The monoisotopic (exact) mass is 402 g/mol. The Morgan fingerprint density at radius 2 is 1.82 bits per heavy atom. The normalized spacial score (nSPS) is 27.4. The second-order valence-electron chi connectivity index (χ2n) is 7.64. The van der Waals surface area contributed by atoms with Crippen molar-refractivity contribution >= 4 is 29.5 Å². The van der Waals surface area contributed by atoms with Crippen LogP contribution < -0.4 is 0 Å². The van der Waals surface area contributed by atoms with Crippen molar-refractivity contribution in [3.8, 4) is 0 Å². The molecule has 3 fully saturated rings. The van der Waals surface area contributed by atoms with E-state index >= 15 is 0 Å². The average molecular weight is 403 g/mol. The van der Waals surface area contributed by atoms with E-state index in [1.807, 2.05) is 30.3 Å². The SMILES string of the molecule is O=C(OCC(=O)N1CCCCCC1)[C@H]1CS[C@@]2(c3ccccc3)CCC(=O)N12. The molecule has 28 heavy (non-hydrogen) atoms. The number of esters is 1. The summed E-state index contributed by atoms with van der Waals surface area (Å²) >= 11 is 1.63. The third kappa shape index (κ3) is 3.52. The van der Waals surface area contributed by atoms with E-state index in [1.165, 1.54) is 0 Å². The summed E-state index contributed by atoms with van der Waals surface area (Å²) in [5.74, 6) is -0.126. The lowest BCUT2D eigenvalue weighted by Gasteiger charge is -2.33. The summed E-state index contributed by atoms with van der Waals surface area (Å²) < 4.78 is 5.38. The van der Waals surface area contributed by atoms with Gasteiger partial charge >= 0.3 is 5.97 Å². The summed E-state index contributed by atoms with van der Waals surface area (Å²) in [5.41, 5.74) is 1.04. The summed E-state index contributed by atoms with van der Waals surface area (Å²) in [7, 11) is 0. The summed E-state index contributed by atoms with van der Waals surface area (Å²) in [6.45, 7) is 1.23. The Hall–Kier alpha value is -2.02. The molecule has 1 aromatic carbocycles. The van der Waals surface area contributed by atoms with Crippen molar-refractivity contribution in [3.63, 3.8) is 0 Å². The minimum absolute atomic E-state index is 0.0188. The van der Waals surface area contributed by atoms with Crippen molar-refractivity contribution in [1.29, 1.82) is 0 Å².